The third-order valence-corrected chi connectivity index (χ3v) is 1.47. The molecule has 0 atom stereocenters. The first-order valence-corrected chi connectivity index (χ1v) is 3.36. The van der Waals surface area contributed by atoms with Crippen LogP contribution in [0.2, 0.25) is 0 Å². The Morgan fingerprint density at radius 2 is 2.36 bits per heavy atom. The average Bonchev–Trinajstić information content (AvgIpc) is 2.28. The fourth-order valence-corrected chi connectivity index (χ4v) is 0.938. The van der Waals surface area contributed by atoms with Gasteiger partial charge in [0.1, 0.15) is 0 Å². The molecule has 54 valence electrons. The molecule has 2 rings (SSSR count). The number of hydrogen-bond acceptors (Lipinski definition) is 3. The Balaban J connectivity index is 2.52. The highest BCUT2D eigenvalue weighted by Crippen LogP contribution is 2.15. The Hall–Kier alpha value is -1.64. The zero-order valence-electron chi connectivity index (χ0n) is 5.86. The Labute approximate surface area is 64.5 Å². The van der Waals surface area contributed by atoms with Crippen LogP contribution in [0.15, 0.2) is 29.6 Å². The quantitative estimate of drug-likeness (QED) is 0.600. The molecular formula is C8H7N3. The van der Waals surface area contributed by atoms with Gasteiger partial charge < -0.3 is 0 Å². The number of aromatic nitrogens is 1. The lowest BCUT2D eigenvalue weighted by Gasteiger charge is -2.00. The topological polar surface area (TPSA) is 37.3 Å². The molecule has 0 radical (unpaired) electrons. The third-order valence-electron chi connectivity index (χ3n) is 1.47. The second-order valence-corrected chi connectivity index (χ2v) is 2.21. The van der Waals surface area contributed by atoms with Gasteiger partial charge in [-0.15, -0.1) is 0 Å². The van der Waals surface area contributed by atoms with E-state index in [1.165, 1.54) is 0 Å². The van der Waals surface area contributed by atoms with Gasteiger partial charge in [-0.1, -0.05) is 0 Å². The van der Waals surface area contributed by atoms with Gasteiger partial charge in [0.25, 0.3) is 0 Å². The lowest BCUT2D eigenvalue weighted by molar-refractivity contribution is 1.28. The highest BCUT2D eigenvalue weighted by molar-refractivity contribution is 5.83. The van der Waals surface area contributed by atoms with Crippen molar-refractivity contribution in [3.63, 3.8) is 0 Å². The normalized spacial score (nSPS) is 13.5. The predicted molar refractivity (Wildman–Crippen MR) is 45.4 cm³/mol. The van der Waals surface area contributed by atoms with Crippen LogP contribution in [0, 0.1) is 0 Å². The first kappa shape index (κ1) is 6.09. The molecule has 0 unspecified atom stereocenters. The van der Waals surface area contributed by atoms with Crippen LogP contribution in [0.1, 0.15) is 5.56 Å². The summed E-state index contributed by atoms with van der Waals surface area (Å²) in [4.78, 5) is 3.99. The Kier molecular flexibility index (Phi) is 1.41. The summed E-state index contributed by atoms with van der Waals surface area (Å²) in [6.45, 7) is 0. The number of anilines is 1. The van der Waals surface area contributed by atoms with Crippen molar-refractivity contribution in [1.29, 1.82) is 0 Å². The van der Waals surface area contributed by atoms with Gasteiger partial charge >= 0.3 is 0 Å². The highest BCUT2D eigenvalue weighted by atomic mass is 15.3. The summed E-state index contributed by atoms with van der Waals surface area (Å²) < 4.78 is 0. The molecule has 1 N–H and O–H groups in total. The van der Waals surface area contributed by atoms with Crippen LogP contribution in [-0.4, -0.2) is 11.2 Å². The van der Waals surface area contributed by atoms with Gasteiger partial charge in [0, 0.05) is 24.2 Å². The molecule has 2 heterocycles. The molecule has 0 aromatic carbocycles. The van der Waals surface area contributed by atoms with E-state index in [1.54, 1.807) is 18.6 Å². The number of hydrazone groups is 1. The molecule has 1 aliphatic rings. The van der Waals surface area contributed by atoms with Crippen molar-refractivity contribution in [2.75, 3.05) is 5.43 Å². The van der Waals surface area contributed by atoms with E-state index in [4.69, 9.17) is 0 Å². The zero-order chi connectivity index (χ0) is 7.52. The van der Waals surface area contributed by atoms with Gasteiger partial charge in [0.15, 0.2) is 0 Å². The predicted octanol–water partition coefficient (Wildman–Crippen LogP) is 1.51. The minimum absolute atomic E-state index is 0.991. The monoisotopic (exact) mass is 145 g/mol. The van der Waals surface area contributed by atoms with Crippen molar-refractivity contribution in [1.82, 2.24) is 4.98 Å². The van der Waals surface area contributed by atoms with Crippen molar-refractivity contribution in [3.8, 4) is 0 Å². The maximum Gasteiger partial charge on any atom is 0.0664 e. The van der Waals surface area contributed by atoms with E-state index in [0.717, 1.165) is 11.3 Å². The van der Waals surface area contributed by atoms with E-state index in [0.29, 0.717) is 0 Å². The molecule has 0 saturated carbocycles. The molecule has 0 spiro atoms. The van der Waals surface area contributed by atoms with Crippen molar-refractivity contribution in [3.05, 3.63) is 30.1 Å². The number of allylic oxidation sites excluding steroid dienone is 1. The third kappa shape index (κ3) is 1.12. The molecule has 0 bridgehead atoms. The fourth-order valence-electron chi connectivity index (χ4n) is 0.938. The van der Waals surface area contributed by atoms with Gasteiger partial charge in [-0.25, -0.2) is 0 Å². The van der Waals surface area contributed by atoms with Crippen molar-refractivity contribution in [2.24, 2.45) is 5.10 Å². The first-order valence-electron chi connectivity index (χ1n) is 3.36. The van der Waals surface area contributed by atoms with Gasteiger partial charge in [0.05, 0.1) is 5.69 Å². The van der Waals surface area contributed by atoms with Crippen LogP contribution in [-0.2, 0) is 0 Å². The van der Waals surface area contributed by atoms with Crippen LogP contribution in [0.4, 0.5) is 5.69 Å². The minimum Gasteiger partial charge on any atom is -0.278 e. The van der Waals surface area contributed by atoms with E-state index in [9.17, 15) is 0 Å². The van der Waals surface area contributed by atoms with Crippen molar-refractivity contribution in [2.45, 2.75) is 0 Å². The number of pyridine rings is 1. The van der Waals surface area contributed by atoms with Crippen LogP contribution >= 0.6 is 0 Å². The van der Waals surface area contributed by atoms with Gasteiger partial charge in [-0.05, 0) is 18.2 Å². The minimum atomic E-state index is 0.991. The Morgan fingerprint density at radius 1 is 1.36 bits per heavy atom. The molecule has 0 saturated heterocycles. The zero-order valence-corrected chi connectivity index (χ0v) is 5.86. The number of nitrogens with zero attached hydrogens (tertiary/aromatic N) is 2. The second kappa shape index (κ2) is 2.54. The molecule has 3 heteroatoms. The number of fused-ring (bicyclic) bond motifs is 1. The molecule has 1 aromatic rings. The van der Waals surface area contributed by atoms with Crippen LogP contribution < -0.4 is 5.43 Å². The molecular weight excluding hydrogens is 138 g/mol. The summed E-state index contributed by atoms with van der Waals surface area (Å²) in [7, 11) is 0. The molecule has 0 amide bonds. The molecule has 1 aromatic heterocycles. The number of nitrogens with one attached hydrogen (secondary N) is 1. The van der Waals surface area contributed by atoms with Crippen LogP contribution in [0.3, 0.4) is 0 Å². The summed E-state index contributed by atoms with van der Waals surface area (Å²) in [6.07, 6.45) is 9.08. The van der Waals surface area contributed by atoms with E-state index in [1.807, 2.05) is 18.2 Å². The molecule has 11 heavy (non-hydrogen) atoms. The maximum absolute atomic E-state index is 3.99. The standard InChI is InChI=1S/C8H7N3/c1-2-7-6-9-5-3-8(7)11-10-4-1/h1-6,11H. The fraction of sp³-hybridized carbons (Fsp3) is 0. The Morgan fingerprint density at radius 3 is 3.36 bits per heavy atom. The molecule has 3 nitrogen and oxygen atoms in total. The van der Waals surface area contributed by atoms with Gasteiger partial charge in [0.2, 0.25) is 0 Å². The SMILES string of the molecule is C1=Cc2cnccc2NN=C1. The van der Waals surface area contributed by atoms with E-state index < -0.39 is 0 Å². The summed E-state index contributed by atoms with van der Waals surface area (Å²) in [5.74, 6) is 0. The maximum atomic E-state index is 3.99. The smallest absolute Gasteiger partial charge is 0.0664 e. The number of rotatable bonds is 0. The van der Waals surface area contributed by atoms with E-state index in [2.05, 4.69) is 15.5 Å². The van der Waals surface area contributed by atoms with Crippen molar-refractivity contribution < 1.29 is 0 Å². The Bertz CT molecular complexity index is 315. The number of hydrogen-bond donors (Lipinski definition) is 1. The lowest BCUT2D eigenvalue weighted by atomic mass is 10.2. The molecule has 0 fully saturated rings. The van der Waals surface area contributed by atoms with Crippen LogP contribution in [0.5, 0.6) is 0 Å². The summed E-state index contributed by atoms with van der Waals surface area (Å²) in [6, 6.07) is 1.89. The van der Waals surface area contributed by atoms with E-state index in [-0.39, 0.29) is 0 Å². The molecule has 0 aliphatic carbocycles. The van der Waals surface area contributed by atoms with E-state index >= 15 is 0 Å². The largest absolute Gasteiger partial charge is 0.278 e. The van der Waals surface area contributed by atoms with Crippen LogP contribution in [0.25, 0.3) is 6.08 Å². The average molecular weight is 145 g/mol. The first-order chi connectivity index (χ1) is 5.47. The second-order valence-electron chi connectivity index (χ2n) is 2.21. The highest BCUT2D eigenvalue weighted by Gasteiger charge is 1.97. The van der Waals surface area contributed by atoms with Crippen molar-refractivity contribution >= 4 is 18.0 Å². The van der Waals surface area contributed by atoms with Gasteiger partial charge in [-0.2, -0.15) is 5.10 Å². The lowest BCUT2D eigenvalue weighted by Crippen LogP contribution is -1.89. The summed E-state index contributed by atoms with van der Waals surface area (Å²) in [5.41, 5.74) is 4.94. The summed E-state index contributed by atoms with van der Waals surface area (Å²) >= 11 is 0. The molecule has 1 aliphatic heterocycles. The summed E-state index contributed by atoms with van der Waals surface area (Å²) in [5, 5.41) is 3.92. The van der Waals surface area contributed by atoms with Gasteiger partial charge in [-0.3, -0.25) is 10.4 Å².